The minimum atomic E-state index is -0.468. The van der Waals surface area contributed by atoms with Gasteiger partial charge in [-0.2, -0.15) is 0 Å². The Morgan fingerprint density at radius 1 is 1.17 bits per heavy atom. The molecule has 1 aliphatic rings. The molecule has 0 spiro atoms. The van der Waals surface area contributed by atoms with Gasteiger partial charge in [-0.1, -0.05) is 12.1 Å². The topological polar surface area (TPSA) is 59.8 Å². The van der Waals surface area contributed by atoms with Crippen LogP contribution in [-0.4, -0.2) is 29.7 Å². The van der Waals surface area contributed by atoms with E-state index < -0.39 is 5.60 Å². The van der Waals surface area contributed by atoms with Crippen LogP contribution in [0.3, 0.4) is 0 Å². The van der Waals surface area contributed by atoms with Gasteiger partial charge in [0.1, 0.15) is 11.2 Å². The molecule has 0 radical (unpaired) electrons. The molecule has 0 aliphatic carbocycles. The number of carbonyl (C=O) groups is 1. The van der Waals surface area contributed by atoms with Crippen molar-refractivity contribution in [3.63, 3.8) is 0 Å². The number of carbonyl (C=O) groups excluding carboxylic acids is 1. The summed E-state index contributed by atoms with van der Waals surface area (Å²) in [5, 5.41) is 0.921. The molecular weight excluding hydrogens is 306 g/mol. The second-order valence-electron chi connectivity index (χ2n) is 7.29. The summed E-state index contributed by atoms with van der Waals surface area (Å²) in [5.41, 5.74) is 0.971. The molecule has 1 amide bonds. The van der Waals surface area contributed by atoms with E-state index in [1.54, 1.807) is 11.0 Å². The van der Waals surface area contributed by atoms with Crippen molar-refractivity contribution in [3.8, 4) is 0 Å². The molecule has 0 atom stereocenters. The molecule has 1 fully saturated rings. The molecule has 0 saturated carbocycles. The third-order valence-corrected chi connectivity index (χ3v) is 4.27. The quantitative estimate of drug-likeness (QED) is 0.744. The molecule has 5 nitrogen and oxygen atoms in total. The number of amides is 1. The monoisotopic (exact) mass is 329 g/mol. The molecule has 24 heavy (non-hydrogen) atoms. The number of piperidine rings is 1. The van der Waals surface area contributed by atoms with Crippen LogP contribution in [-0.2, 0) is 4.74 Å². The van der Waals surface area contributed by atoms with Crippen molar-refractivity contribution in [1.29, 1.82) is 0 Å². The lowest BCUT2D eigenvalue weighted by Gasteiger charge is -2.33. The van der Waals surface area contributed by atoms with Crippen LogP contribution in [0.15, 0.2) is 39.5 Å². The third kappa shape index (κ3) is 3.78. The maximum atomic E-state index is 12.1. The Morgan fingerprint density at radius 3 is 2.50 bits per heavy atom. The van der Waals surface area contributed by atoms with E-state index in [-0.39, 0.29) is 11.7 Å². The smallest absolute Gasteiger partial charge is 0.410 e. The van der Waals surface area contributed by atoms with Gasteiger partial charge >= 0.3 is 11.7 Å². The van der Waals surface area contributed by atoms with E-state index >= 15 is 0 Å². The van der Waals surface area contributed by atoms with E-state index in [1.165, 1.54) is 6.07 Å². The number of nitrogens with zero attached hydrogens (tertiary/aromatic N) is 1. The summed E-state index contributed by atoms with van der Waals surface area (Å²) in [6, 6.07) is 9.21. The Balaban J connectivity index is 1.68. The Morgan fingerprint density at radius 2 is 1.83 bits per heavy atom. The maximum absolute atomic E-state index is 12.1. The number of hydrogen-bond acceptors (Lipinski definition) is 4. The van der Waals surface area contributed by atoms with Gasteiger partial charge < -0.3 is 14.1 Å². The van der Waals surface area contributed by atoms with Crippen molar-refractivity contribution in [3.05, 3.63) is 46.3 Å². The molecule has 2 aromatic rings. The number of likely N-dealkylation sites (tertiary alicyclic amines) is 1. The first kappa shape index (κ1) is 16.6. The molecule has 0 unspecified atom stereocenters. The minimum Gasteiger partial charge on any atom is -0.444 e. The van der Waals surface area contributed by atoms with E-state index in [1.807, 2.05) is 32.9 Å². The highest BCUT2D eigenvalue weighted by Crippen LogP contribution is 2.30. The molecule has 1 aromatic heterocycles. The van der Waals surface area contributed by atoms with E-state index in [2.05, 4.69) is 6.07 Å². The van der Waals surface area contributed by atoms with Crippen molar-refractivity contribution in [1.82, 2.24) is 4.90 Å². The standard InChI is InChI=1S/C19H23NO4/c1-19(2,3)24-18(22)20-10-8-13(9-11-20)15-5-4-14-6-7-17(21)23-16(14)12-15/h4-7,12-13H,8-11H2,1-3H3. The van der Waals surface area contributed by atoms with Crippen molar-refractivity contribution < 1.29 is 13.9 Å². The van der Waals surface area contributed by atoms with Gasteiger partial charge in [-0.25, -0.2) is 9.59 Å². The minimum absolute atomic E-state index is 0.245. The molecular formula is C19H23NO4. The van der Waals surface area contributed by atoms with Gasteiger partial charge in [-0.05, 0) is 57.2 Å². The van der Waals surface area contributed by atoms with E-state index in [0.717, 1.165) is 23.8 Å². The van der Waals surface area contributed by atoms with Gasteiger partial charge in [-0.3, -0.25) is 0 Å². The zero-order valence-electron chi connectivity index (χ0n) is 14.4. The summed E-state index contributed by atoms with van der Waals surface area (Å²) in [6.07, 6.45) is 1.51. The Hall–Kier alpha value is -2.30. The molecule has 0 bridgehead atoms. The summed E-state index contributed by atoms with van der Waals surface area (Å²) >= 11 is 0. The second-order valence-corrected chi connectivity index (χ2v) is 7.29. The molecule has 2 heterocycles. The average molecular weight is 329 g/mol. The van der Waals surface area contributed by atoms with Gasteiger partial charge in [0.25, 0.3) is 0 Å². The molecule has 5 heteroatoms. The van der Waals surface area contributed by atoms with Gasteiger partial charge in [0.15, 0.2) is 0 Å². The van der Waals surface area contributed by atoms with Crippen molar-refractivity contribution >= 4 is 17.1 Å². The maximum Gasteiger partial charge on any atom is 0.410 e. The summed E-state index contributed by atoms with van der Waals surface area (Å²) in [6.45, 7) is 6.98. The van der Waals surface area contributed by atoms with Gasteiger partial charge in [0.05, 0.1) is 0 Å². The summed E-state index contributed by atoms with van der Waals surface area (Å²) < 4.78 is 10.7. The van der Waals surface area contributed by atoms with E-state index in [0.29, 0.717) is 24.6 Å². The largest absolute Gasteiger partial charge is 0.444 e. The van der Waals surface area contributed by atoms with E-state index in [9.17, 15) is 9.59 Å². The molecule has 128 valence electrons. The van der Waals surface area contributed by atoms with Crippen molar-refractivity contribution in [2.45, 2.75) is 45.1 Å². The third-order valence-electron chi connectivity index (χ3n) is 4.27. The van der Waals surface area contributed by atoms with Crippen molar-refractivity contribution in [2.75, 3.05) is 13.1 Å². The molecule has 3 rings (SSSR count). The molecule has 1 aromatic carbocycles. The SMILES string of the molecule is CC(C)(C)OC(=O)N1CCC(c2ccc3ccc(=O)oc3c2)CC1. The predicted molar refractivity (Wildman–Crippen MR) is 92.3 cm³/mol. The molecule has 1 aliphatic heterocycles. The molecule has 0 N–H and O–H groups in total. The van der Waals surface area contributed by atoms with Crippen molar-refractivity contribution in [2.24, 2.45) is 0 Å². The van der Waals surface area contributed by atoms with Crippen LogP contribution < -0.4 is 5.63 Å². The number of rotatable bonds is 1. The second kappa shape index (κ2) is 6.30. The lowest BCUT2D eigenvalue weighted by molar-refractivity contribution is 0.0205. The average Bonchev–Trinajstić information content (AvgIpc) is 2.52. The van der Waals surface area contributed by atoms with Crippen LogP contribution in [0.4, 0.5) is 4.79 Å². The Bertz CT molecular complexity index is 795. The van der Waals surface area contributed by atoms with Crippen LogP contribution in [0.25, 0.3) is 11.0 Å². The highest BCUT2D eigenvalue weighted by Gasteiger charge is 2.27. The van der Waals surface area contributed by atoms with Gasteiger partial charge in [-0.15, -0.1) is 0 Å². The highest BCUT2D eigenvalue weighted by molar-refractivity contribution is 5.77. The predicted octanol–water partition coefficient (Wildman–Crippen LogP) is 3.91. The lowest BCUT2D eigenvalue weighted by Crippen LogP contribution is -2.41. The zero-order chi connectivity index (χ0) is 17.3. The van der Waals surface area contributed by atoms with Crippen LogP contribution in [0.1, 0.15) is 45.1 Å². The first-order chi connectivity index (χ1) is 11.3. The van der Waals surface area contributed by atoms with Crippen LogP contribution >= 0.6 is 0 Å². The summed E-state index contributed by atoms with van der Waals surface area (Å²) in [7, 11) is 0. The first-order valence-electron chi connectivity index (χ1n) is 8.33. The number of hydrogen-bond donors (Lipinski definition) is 0. The summed E-state index contributed by atoms with van der Waals surface area (Å²) in [5.74, 6) is 0.360. The highest BCUT2D eigenvalue weighted by atomic mass is 16.6. The number of benzene rings is 1. The Labute approximate surface area is 141 Å². The van der Waals surface area contributed by atoms with Gasteiger partial charge in [0, 0.05) is 24.5 Å². The number of ether oxygens (including phenoxy) is 1. The zero-order valence-corrected chi connectivity index (χ0v) is 14.4. The van der Waals surface area contributed by atoms with Crippen LogP contribution in [0.5, 0.6) is 0 Å². The summed E-state index contributed by atoms with van der Waals surface area (Å²) in [4.78, 5) is 25.3. The fourth-order valence-corrected chi connectivity index (χ4v) is 3.05. The van der Waals surface area contributed by atoms with E-state index in [4.69, 9.17) is 9.15 Å². The normalized spacial score (nSPS) is 16.4. The van der Waals surface area contributed by atoms with Crippen LogP contribution in [0, 0.1) is 0 Å². The first-order valence-corrected chi connectivity index (χ1v) is 8.33. The van der Waals surface area contributed by atoms with Gasteiger partial charge in [0.2, 0.25) is 0 Å². The molecule has 1 saturated heterocycles. The fraction of sp³-hybridized carbons (Fsp3) is 0.474. The lowest BCUT2D eigenvalue weighted by atomic mass is 9.89. The number of fused-ring (bicyclic) bond motifs is 1. The Kier molecular flexibility index (Phi) is 4.35. The van der Waals surface area contributed by atoms with Crippen LogP contribution in [0.2, 0.25) is 0 Å². The fourth-order valence-electron chi connectivity index (χ4n) is 3.05.